The predicted octanol–water partition coefficient (Wildman–Crippen LogP) is 5.19. The molecule has 6 nitrogen and oxygen atoms in total. The highest BCUT2D eigenvalue weighted by molar-refractivity contribution is 7.92. The van der Waals surface area contributed by atoms with E-state index in [0.29, 0.717) is 16.5 Å². The molecule has 1 amide bonds. The summed E-state index contributed by atoms with van der Waals surface area (Å²) in [5.74, 6) is 0.184. The standard InChI is InChI=1S/C24H25ClN2O4S/c1-16-6-5-7-17(2)23(16)26-24(28)18(3)31-21-12-10-20(11-13-21)27(4)32(29,30)22-14-8-19(25)9-15-22/h5-15,18H,1-4H3,(H,26,28). The lowest BCUT2D eigenvalue weighted by Gasteiger charge is -2.21. The average molecular weight is 473 g/mol. The first-order chi connectivity index (χ1) is 15.1. The van der Waals surface area contributed by atoms with Crippen molar-refractivity contribution in [3.05, 3.63) is 82.9 Å². The summed E-state index contributed by atoms with van der Waals surface area (Å²) in [7, 11) is -2.26. The summed E-state index contributed by atoms with van der Waals surface area (Å²) in [4.78, 5) is 12.7. The van der Waals surface area contributed by atoms with Crippen molar-refractivity contribution in [1.29, 1.82) is 0 Å². The number of benzene rings is 3. The van der Waals surface area contributed by atoms with E-state index >= 15 is 0 Å². The molecule has 0 saturated heterocycles. The number of nitrogens with one attached hydrogen (secondary N) is 1. The summed E-state index contributed by atoms with van der Waals surface area (Å²) in [5.41, 5.74) is 3.18. The van der Waals surface area contributed by atoms with Gasteiger partial charge in [-0.15, -0.1) is 0 Å². The molecule has 0 spiro atoms. The molecule has 0 fully saturated rings. The number of halogens is 1. The van der Waals surface area contributed by atoms with Gasteiger partial charge in [-0.05, 0) is 80.4 Å². The van der Waals surface area contributed by atoms with E-state index in [1.165, 1.54) is 35.6 Å². The number of sulfonamides is 1. The van der Waals surface area contributed by atoms with Crippen LogP contribution in [-0.2, 0) is 14.8 Å². The molecule has 0 aliphatic carbocycles. The lowest BCUT2D eigenvalue weighted by Crippen LogP contribution is -2.30. The Balaban J connectivity index is 1.68. The number of carbonyl (C=O) groups is 1. The number of nitrogens with zero attached hydrogens (tertiary/aromatic N) is 1. The number of amides is 1. The van der Waals surface area contributed by atoms with Gasteiger partial charge in [-0.3, -0.25) is 9.10 Å². The summed E-state index contributed by atoms with van der Waals surface area (Å²) in [5, 5.41) is 3.37. The quantitative estimate of drug-likeness (QED) is 0.513. The third-order valence-electron chi connectivity index (χ3n) is 5.08. The Bertz CT molecular complexity index is 1190. The van der Waals surface area contributed by atoms with Gasteiger partial charge in [-0.2, -0.15) is 0 Å². The van der Waals surface area contributed by atoms with Gasteiger partial charge in [-0.25, -0.2) is 8.42 Å². The van der Waals surface area contributed by atoms with E-state index in [1.807, 2.05) is 32.0 Å². The van der Waals surface area contributed by atoms with E-state index in [2.05, 4.69) is 5.32 Å². The molecule has 0 aliphatic rings. The molecule has 3 aromatic carbocycles. The van der Waals surface area contributed by atoms with Crippen molar-refractivity contribution in [2.45, 2.75) is 31.8 Å². The van der Waals surface area contributed by atoms with Crippen LogP contribution in [0.3, 0.4) is 0 Å². The van der Waals surface area contributed by atoms with Gasteiger partial charge in [0, 0.05) is 17.8 Å². The maximum atomic E-state index is 12.8. The van der Waals surface area contributed by atoms with Gasteiger partial charge in [-0.1, -0.05) is 29.8 Å². The van der Waals surface area contributed by atoms with E-state index in [9.17, 15) is 13.2 Å². The second kappa shape index (κ2) is 9.63. The Morgan fingerprint density at radius 2 is 1.53 bits per heavy atom. The van der Waals surface area contributed by atoms with Crippen LogP contribution in [0.15, 0.2) is 71.6 Å². The minimum absolute atomic E-state index is 0.140. The minimum Gasteiger partial charge on any atom is -0.481 e. The third kappa shape index (κ3) is 5.23. The zero-order valence-corrected chi connectivity index (χ0v) is 19.9. The third-order valence-corrected chi connectivity index (χ3v) is 7.14. The van der Waals surface area contributed by atoms with Crippen molar-refractivity contribution in [1.82, 2.24) is 0 Å². The number of anilines is 2. The molecule has 168 valence electrons. The molecule has 32 heavy (non-hydrogen) atoms. The molecule has 0 radical (unpaired) electrons. The first kappa shape index (κ1) is 23.6. The smallest absolute Gasteiger partial charge is 0.265 e. The first-order valence-electron chi connectivity index (χ1n) is 9.98. The van der Waals surface area contributed by atoms with Gasteiger partial charge in [0.25, 0.3) is 15.9 Å². The molecule has 3 aromatic rings. The van der Waals surface area contributed by atoms with E-state index in [4.69, 9.17) is 16.3 Å². The van der Waals surface area contributed by atoms with E-state index in [-0.39, 0.29) is 10.8 Å². The van der Waals surface area contributed by atoms with Crippen molar-refractivity contribution in [3.63, 3.8) is 0 Å². The number of hydrogen-bond donors (Lipinski definition) is 1. The largest absolute Gasteiger partial charge is 0.481 e. The van der Waals surface area contributed by atoms with Crippen LogP contribution in [0.1, 0.15) is 18.1 Å². The zero-order valence-electron chi connectivity index (χ0n) is 18.3. The Morgan fingerprint density at radius 3 is 2.09 bits per heavy atom. The van der Waals surface area contributed by atoms with Gasteiger partial charge in [0.2, 0.25) is 0 Å². The monoisotopic (exact) mass is 472 g/mol. The van der Waals surface area contributed by atoms with Crippen LogP contribution in [0.5, 0.6) is 5.75 Å². The number of para-hydroxylation sites is 1. The summed E-state index contributed by atoms with van der Waals surface area (Å²) in [6, 6.07) is 18.3. The number of carbonyl (C=O) groups excluding carboxylic acids is 1. The van der Waals surface area contributed by atoms with Crippen LogP contribution < -0.4 is 14.4 Å². The van der Waals surface area contributed by atoms with Gasteiger partial charge >= 0.3 is 0 Å². The average Bonchev–Trinajstić information content (AvgIpc) is 2.76. The van der Waals surface area contributed by atoms with Gasteiger partial charge < -0.3 is 10.1 Å². The van der Waals surface area contributed by atoms with Crippen molar-refractivity contribution in [2.24, 2.45) is 0 Å². The first-order valence-corrected chi connectivity index (χ1v) is 11.8. The second-order valence-corrected chi connectivity index (χ2v) is 9.84. The molecular formula is C24H25ClN2O4S. The molecule has 0 bridgehead atoms. The number of aryl methyl sites for hydroxylation is 2. The molecule has 0 heterocycles. The Hall–Kier alpha value is -3.03. The molecule has 0 aliphatic heterocycles. The SMILES string of the molecule is Cc1cccc(C)c1NC(=O)C(C)Oc1ccc(N(C)S(=O)(=O)c2ccc(Cl)cc2)cc1. The van der Waals surface area contributed by atoms with Crippen LogP contribution in [-0.4, -0.2) is 27.5 Å². The van der Waals surface area contributed by atoms with Crippen LogP contribution in [0.2, 0.25) is 5.02 Å². The van der Waals surface area contributed by atoms with Crippen molar-refractivity contribution in [2.75, 3.05) is 16.7 Å². The highest BCUT2D eigenvalue weighted by Gasteiger charge is 2.22. The summed E-state index contributed by atoms with van der Waals surface area (Å²) in [6.07, 6.45) is -0.740. The number of rotatable bonds is 7. The van der Waals surface area contributed by atoms with Crippen LogP contribution in [0.4, 0.5) is 11.4 Å². The van der Waals surface area contributed by atoms with Crippen LogP contribution in [0.25, 0.3) is 0 Å². The molecule has 0 aromatic heterocycles. The summed E-state index contributed by atoms with van der Waals surface area (Å²) < 4.78 is 32.6. The van der Waals surface area contributed by atoms with Crippen LogP contribution >= 0.6 is 11.6 Å². The molecule has 3 rings (SSSR count). The highest BCUT2D eigenvalue weighted by atomic mass is 35.5. The fraction of sp³-hybridized carbons (Fsp3) is 0.208. The second-order valence-electron chi connectivity index (χ2n) is 7.44. The Labute approximate surface area is 193 Å². The summed E-state index contributed by atoms with van der Waals surface area (Å²) >= 11 is 5.85. The van der Waals surface area contributed by atoms with Crippen molar-refractivity contribution < 1.29 is 17.9 Å². The lowest BCUT2D eigenvalue weighted by atomic mass is 10.1. The maximum Gasteiger partial charge on any atom is 0.265 e. The van der Waals surface area contributed by atoms with E-state index in [0.717, 1.165) is 16.8 Å². The molecule has 1 atom stereocenters. The molecular weight excluding hydrogens is 448 g/mol. The van der Waals surface area contributed by atoms with Crippen molar-refractivity contribution >= 4 is 38.9 Å². The molecule has 1 N–H and O–H groups in total. The number of ether oxygens (including phenoxy) is 1. The fourth-order valence-corrected chi connectivity index (χ4v) is 4.45. The molecule has 1 unspecified atom stereocenters. The normalized spacial score (nSPS) is 12.2. The Kier molecular flexibility index (Phi) is 7.11. The highest BCUT2D eigenvalue weighted by Crippen LogP contribution is 2.26. The van der Waals surface area contributed by atoms with Crippen LogP contribution in [0, 0.1) is 13.8 Å². The predicted molar refractivity (Wildman–Crippen MR) is 128 cm³/mol. The maximum absolute atomic E-state index is 12.8. The van der Waals surface area contributed by atoms with Crippen molar-refractivity contribution in [3.8, 4) is 5.75 Å². The van der Waals surface area contributed by atoms with E-state index in [1.54, 1.807) is 31.2 Å². The molecule has 0 saturated carbocycles. The topological polar surface area (TPSA) is 75.7 Å². The number of hydrogen-bond acceptors (Lipinski definition) is 4. The Morgan fingerprint density at radius 1 is 0.969 bits per heavy atom. The van der Waals surface area contributed by atoms with Gasteiger partial charge in [0.05, 0.1) is 10.6 Å². The van der Waals surface area contributed by atoms with Gasteiger partial charge in [0.1, 0.15) is 5.75 Å². The fourth-order valence-electron chi connectivity index (χ4n) is 3.13. The van der Waals surface area contributed by atoms with E-state index < -0.39 is 16.1 Å². The minimum atomic E-state index is -3.73. The molecule has 8 heteroatoms. The lowest BCUT2D eigenvalue weighted by molar-refractivity contribution is -0.122. The zero-order chi connectivity index (χ0) is 23.5. The summed E-state index contributed by atoms with van der Waals surface area (Å²) in [6.45, 7) is 5.52. The van der Waals surface area contributed by atoms with Gasteiger partial charge in [0.15, 0.2) is 6.10 Å².